The Morgan fingerprint density at radius 2 is 1.87 bits per heavy atom. The third kappa shape index (κ3) is 3.33. The average molecular weight is 385 g/mol. The second kappa shape index (κ2) is 6.32. The van der Waals surface area contributed by atoms with Crippen LogP contribution in [-0.2, 0) is 17.1 Å². The second-order valence-corrected chi connectivity index (χ2v) is 8.73. The first kappa shape index (κ1) is 16.6. The monoisotopic (exact) mass is 384 g/mol. The lowest BCUT2D eigenvalue weighted by Gasteiger charge is -1.99. The summed E-state index contributed by atoms with van der Waals surface area (Å²) in [5, 5.41) is 0.487. The van der Waals surface area contributed by atoms with Crippen LogP contribution < -0.4 is 4.80 Å². The minimum absolute atomic E-state index is 0.129. The maximum atomic E-state index is 12.4. The molecule has 2 aromatic carbocycles. The number of thiazole rings is 1. The van der Waals surface area contributed by atoms with Crippen LogP contribution in [0.15, 0.2) is 56.7 Å². The van der Waals surface area contributed by atoms with Crippen molar-refractivity contribution in [2.75, 3.05) is 6.26 Å². The Bertz CT molecular complexity index is 1030. The molecule has 120 valence electrons. The lowest BCUT2D eigenvalue weighted by Crippen LogP contribution is -2.13. The first-order valence-corrected chi connectivity index (χ1v) is 10.5. The van der Waals surface area contributed by atoms with Crippen LogP contribution in [0.1, 0.15) is 0 Å². The van der Waals surface area contributed by atoms with Gasteiger partial charge in [-0.25, -0.2) is 0 Å². The Labute approximate surface area is 147 Å². The third-order valence-electron chi connectivity index (χ3n) is 3.33. The molecule has 0 N–H and O–H groups in total. The Kier molecular flexibility index (Phi) is 4.55. The van der Waals surface area contributed by atoms with Crippen LogP contribution in [-0.4, -0.2) is 19.2 Å². The predicted octanol–water partition coefficient (Wildman–Crippen LogP) is 3.90. The molecule has 0 atom stereocenters. The quantitative estimate of drug-likeness (QED) is 0.643. The van der Waals surface area contributed by atoms with Crippen LogP contribution in [0.25, 0.3) is 10.2 Å². The zero-order valence-electron chi connectivity index (χ0n) is 12.4. The fraction of sp³-hybridized carbons (Fsp3) is 0.133. The molecule has 0 unspecified atom stereocenters. The van der Waals surface area contributed by atoms with Crippen molar-refractivity contribution in [1.82, 2.24) is 4.57 Å². The van der Waals surface area contributed by atoms with E-state index >= 15 is 0 Å². The standard InChI is InChI=1S/C15H13ClN2O2S3/c1-18-13-8-5-11(21-2)9-14(13)22-15(18)17-23(19,20)12-6-3-10(16)4-7-12/h3-9H,1-2H3. The minimum Gasteiger partial charge on any atom is -0.319 e. The first-order valence-electron chi connectivity index (χ1n) is 6.61. The summed E-state index contributed by atoms with van der Waals surface area (Å²) < 4.78 is 31.7. The molecule has 0 aliphatic heterocycles. The molecule has 0 aliphatic rings. The number of sulfonamides is 1. The number of thioether (sulfide) groups is 1. The first-order chi connectivity index (χ1) is 10.9. The lowest BCUT2D eigenvalue weighted by atomic mass is 10.3. The molecule has 0 aliphatic carbocycles. The molecular formula is C15H13ClN2O2S3. The van der Waals surface area contributed by atoms with Gasteiger partial charge >= 0.3 is 0 Å². The van der Waals surface area contributed by atoms with E-state index in [1.54, 1.807) is 28.5 Å². The highest BCUT2D eigenvalue weighted by Crippen LogP contribution is 2.24. The Balaban J connectivity index is 2.16. The normalized spacial score (nSPS) is 12.9. The predicted molar refractivity (Wildman–Crippen MR) is 96.8 cm³/mol. The zero-order chi connectivity index (χ0) is 16.6. The number of hydrogen-bond acceptors (Lipinski definition) is 4. The van der Waals surface area contributed by atoms with Gasteiger partial charge in [0.25, 0.3) is 10.0 Å². The number of nitrogens with zero attached hydrogens (tertiary/aromatic N) is 2. The van der Waals surface area contributed by atoms with E-state index in [4.69, 9.17) is 11.6 Å². The smallest absolute Gasteiger partial charge is 0.285 e. The molecule has 23 heavy (non-hydrogen) atoms. The van der Waals surface area contributed by atoms with E-state index < -0.39 is 10.0 Å². The molecule has 8 heteroatoms. The number of aryl methyl sites for hydroxylation is 1. The molecule has 3 rings (SSSR count). The van der Waals surface area contributed by atoms with Crippen LogP contribution in [0.5, 0.6) is 0 Å². The summed E-state index contributed by atoms with van der Waals surface area (Å²) in [6, 6.07) is 12.0. The summed E-state index contributed by atoms with van der Waals surface area (Å²) in [4.78, 5) is 1.70. The number of fused-ring (bicyclic) bond motifs is 1. The average Bonchev–Trinajstić information content (AvgIpc) is 2.82. The number of rotatable bonds is 3. The number of benzene rings is 2. The fourth-order valence-corrected chi connectivity index (χ4v) is 5.02. The van der Waals surface area contributed by atoms with Crippen LogP contribution in [0.3, 0.4) is 0 Å². The molecule has 0 saturated carbocycles. The van der Waals surface area contributed by atoms with E-state index in [0.29, 0.717) is 9.82 Å². The molecule has 0 saturated heterocycles. The van der Waals surface area contributed by atoms with Gasteiger partial charge in [-0.1, -0.05) is 22.9 Å². The second-order valence-electron chi connectivity index (χ2n) is 4.80. The van der Waals surface area contributed by atoms with Gasteiger partial charge in [-0.15, -0.1) is 16.2 Å². The van der Waals surface area contributed by atoms with Crippen molar-refractivity contribution < 1.29 is 8.42 Å². The van der Waals surface area contributed by atoms with Crippen molar-refractivity contribution in [3.05, 3.63) is 52.3 Å². The molecule has 4 nitrogen and oxygen atoms in total. The molecule has 0 amide bonds. The topological polar surface area (TPSA) is 51.4 Å². The van der Waals surface area contributed by atoms with Crippen molar-refractivity contribution in [3.63, 3.8) is 0 Å². The fourth-order valence-electron chi connectivity index (χ4n) is 2.09. The minimum atomic E-state index is -3.77. The van der Waals surface area contributed by atoms with Crippen LogP contribution in [0.2, 0.25) is 5.02 Å². The summed E-state index contributed by atoms with van der Waals surface area (Å²) in [6.45, 7) is 0. The SMILES string of the molecule is CSc1ccc2c(c1)sc(=NS(=O)(=O)c1ccc(Cl)cc1)n2C. The molecule has 0 spiro atoms. The van der Waals surface area contributed by atoms with E-state index in [9.17, 15) is 8.42 Å². The van der Waals surface area contributed by atoms with Crippen molar-refractivity contribution in [3.8, 4) is 0 Å². The Hall–Kier alpha value is -1.28. The van der Waals surface area contributed by atoms with Crippen molar-refractivity contribution >= 4 is 54.9 Å². The maximum absolute atomic E-state index is 12.4. The van der Waals surface area contributed by atoms with Gasteiger partial charge in [-0.2, -0.15) is 8.42 Å². The van der Waals surface area contributed by atoms with Crippen molar-refractivity contribution in [1.29, 1.82) is 0 Å². The van der Waals surface area contributed by atoms with Gasteiger partial charge in [0.2, 0.25) is 4.80 Å². The summed E-state index contributed by atoms with van der Waals surface area (Å²) in [5.74, 6) is 0. The van der Waals surface area contributed by atoms with Crippen molar-refractivity contribution in [2.24, 2.45) is 11.4 Å². The van der Waals surface area contributed by atoms with Crippen LogP contribution >= 0.6 is 34.7 Å². The number of halogens is 1. The van der Waals surface area contributed by atoms with E-state index in [1.165, 1.54) is 23.5 Å². The summed E-state index contributed by atoms with van der Waals surface area (Å²) in [6.07, 6.45) is 2.01. The summed E-state index contributed by atoms with van der Waals surface area (Å²) >= 11 is 8.80. The van der Waals surface area contributed by atoms with Gasteiger partial charge in [0.1, 0.15) is 0 Å². The molecule has 0 bridgehead atoms. The Morgan fingerprint density at radius 3 is 2.52 bits per heavy atom. The highest BCUT2D eigenvalue weighted by atomic mass is 35.5. The van der Waals surface area contributed by atoms with Gasteiger partial charge in [-0.3, -0.25) is 0 Å². The summed E-state index contributed by atoms with van der Waals surface area (Å²) in [7, 11) is -1.95. The molecule has 3 aromatic rings. The lowest BCUT2D eigenvalue weighted by molar-refractivity contribution is 0.596. The van der Waals surface area contributed by atoms with Crippen molar-refractivity contribution in [2.45, 2.75) is 9.79 Å². The molecule has 1 heterocycles. The molecule has 0 radical (unpaired) electrons. The highest BCUT2D eigenvalue weighted by molar-refractivity contribution is 7.98. The summed E-state index contributed by atoms with van der Waals surface area (Å²) in [5.41, 5.74) is 0.956. The van der Waals surface area contributed by atoms with E-state index in [0.717, 1.165) is 15.1 Å². The molecule has 0 fully saturated rings. The van der Waals surface area contributed by atoms with E-state index in [-0.39, 0.29) is 4.90 Å². The third-order valence-corrected chi connectivity index (χ3v) is 6.79. The number of hydrogen-bond donors (Lipinski definition) is 0. The highest BCUT2D eigenvalue weighted by Gasteiger charge is 2.14. The van der Waals surface area contributed by atoms with Crippen LogP contribution in [0, 0.1) is 0 Å². The van der Waals surface area contributed by atoms with Gasteiger partial charge < -0.3 is 4.57 Å². The largest absolute Gasteiger partial charge is 0.319 e. The van der Waals surface area contributed by atoms with Gasteiger partial charge in [0, 0.05) is 17.0 Å². The van der Waals surface area contributed by atoms with Gasteiger partial charge in [0.05, 0.1) is 15.1 Å². The molecule has 1 aromatic heterocycles. The Morgan fingerprint density at radius 1 is 1.17 bits per heavy atom. The zero-order valence-corrected chi connectivity index (χ0v) is 15.6. The van der Waals surface area contributed by atoms with Crippen LogP contribution in [0.4, 0.5) is 0 Å². The van der Waals surface area contributed by atoms with Gasteiger partial charge in [-0.05, 0) is 48.7 Å². The van der Waals surface area contributed by atoms with E-state index in [1.807, 2.05) is 31.5 Å². The molecular weight excluding hydrogens is 372 g/mol. The maximum Gasteiger partial charge on any atom is 0.285 e. The number of aromatic nitrogens is 1. The van der Waals surface area contributed by atoms with E-state index in [2.05, 4.69) is 4.40 Å². The van der Waals surface area contributed by atoms with Gasteiger partial charge in [0.15, 0.2) is 0 Å².